The van der Waals surface area contributed by atoms with Crippen molar-refractivity contribution in [3.63, 3.8) is 0 Å². The number of ether oxygens (including phenoxy) is 2. The molecule has 3 aliphatic carbocycles. The Balaban J connectivity index is 1.34. The number of amides is 2. The normalized spacial score (nSPS) is 25.4. The van der Waals surface area contributed by atoms with Crippen LogP contribution in [0.1, 0.15) is 24.0 Å². The number of nitrogens with zero attached hydrogens (tertiary/aromatic N) is 2. The number of carbonyl (C=O) groups is 2. The van der Waals surface area contributed by atoms with Crippen LogP contribution in [0.4, 0.5) is 0 Å². The van der Waals surface area contributed by atoms with Crippen LogP contribution in [0.3, 0.4) is 0 Å². The van der Waals surface area contributed by atoms with Crippen molar-refractivity contribution in [2.45, 2.75) is 19.4 Å². The number of allylic oxidation sites excluding steroid dienone is 2. The first-order valence-corrected chi connectivity index (χ1v) is 12.7. The van der Waals surface area contributed by atoms with Gasteiger partial charge in [-0.2, -0.15) is 10.1 Å². The quantitative estimate of drug-likeness (QED) is 0.182. The summed E-state index contributed by atoms with van der Waals surface area (Å²) in [5, 5.41) is 6.42. The van der Waals surface area contributed by atoms with Crippen molar-refractivity contribution in [1.29, 1.82) is 0 Å². The summed E-state index contributed by atoms with van der Waals surface area (Å²) in [6.45, 7) is 0.242. The van der Waals surface area contributed by atoms with E-state index in [9.17, 15) is 9.59 Å². The van der Waals surface area contributed by atoms with Crippen LogP contribution in [0.2, 0.25) is 10.0 Å². The first-order chi connectivity index (χ1) is 16.4. The third kappa shape index (κ3) is 4.22. The van der Waals surface area contributed by atoms with Gasteiger partial charge in [0.1, 0.15) is 6.61 Å². The Labute approximate surface area is 221 Å². The molecular formula is C25H21Cl2IN2O4. The maximum Gasteiger partial charge on any atom is 0.254 e. The van der Waals surface area contributed by atoms with E-state index in [1.165, 1.54) is 6.21 Å². The summed E-state index contributed by atoms with van der Waals surface area (Å²) >= 11 is 14.4. The first-order valence-electron chi connectivity index (χ1n) is 10.9. The molecule has 0 spiro atoms. The number of imide groups is 1. The average Bonchev–Trinajstić information content (AvgIpc) is 3.10. The summed E-state index contributed by atoms with van der Waals surface area (Å²) in [5.74, 6) is 0.383. The average molecular weight is 611 g/mol. The molecule has 0 radical (unpaired) electrons. The molecule has 1 aliphatic heterocycles. The fraction of sp³-hybridized carbons (Fsp3) is 0.320. The molecule has 2 aromatic rings. The molecule has 1 heterocycles. The third-order valence-electron chi connectivity index (χ3n) is 6.70. The molecule has 6 nitrogen and oxygen atoms in total. The summed E-state index contributed by atoms with van der Waals surface area (Å²) < 4.78 is 12.3. The van der Waals surface area contributed by atoms with Gasteiger partial charge in [0.05, 0.1) is 28.7 Å². The second kappa shape index (κ2) is 9.51. The van der Waals surface area contributed by atoms with E-state index in [4.69, 9.17) is 32.7 Å². The van der Waals surface area contributed by atoms with E-state index in [1.54, 1.807) is 25.3 Å². The monoisotopic (exact) mass is 610 g/mol. The van der Waals surface area contributed by atoms with E-state index >= 15 is 0 Å². The fourth-order valence-electron chi connectivity index (χ4n) is 5.04. The lowest BCUT2D eigenvalue weighted by Crippen LogP contribution is -2.38. The molecule has 1 saturated heterocycles. The highest BCUT2D eigenvalue weighted by Gasteiger charge is 2.56. The highest BCUT2D eigenvalue weighted by Crippen LogP contribution is 2.49. The van der Waals surface area contributed by atoms with Crippen LogP contribution in [0.15, 0.2) is 47.6 Å². The number of methoxy groups -OCH3 is 1. The molecule has 4 atom stereocenters. The number of carbonyl (C=O) groups excluding carboxylic acids is 2. The van der Waals surface area contributed by atoms with Gasteiger partial charge in [0.2, 0.25) is 0 Å². The molecule has 0 unspecified atom stereocenters. The number of hydrogen-bond acceptors (Lipinski definition) is 5. The molecule has 2 bridgehead atoms. The highest BCUT2D eigenvalue weighted by molar-refractivity contribution is 14.1. The summed E-state index contributed by atoms with van der Waals surface area (Å²) in [5.41, 5.74) is 1.49. The lowest BCUT2D eigenvalue weighted by molar-refractivity contribution is -0.140. The largest absolute Gasteiger partial charge is 0.493 e. The van der Waals surface area contributed by atoms with Crippen LogP contribution in [0.5, 0.6) is 11.5 Å². The lowest BCUT2D eigenvalue weighted by atomic mass is 9.63. The molecule has 34 heavy (non-hydrogen) atoms. The minimum absolute atomic E-state index is 0.137. The standard InChI is InChI=1S/C25H21Cl2IN2O4/c1-33-20-9-13(8-19(28)23(20)34-12-16-6-7-17(26)10-18(16)27)11-29-30-24(31)21-14-2-3-15(5-4-14)22(21)25(30)32/h2-3,6-11,14-15,21-22H,4-5,12H2,1H3/b29-11-/t14-,15-,21-,22-/m0/s1. The van der Waals surface area contributed by atoms with Crippen molar-refractivity contribution < 1.29 is 19.1 Å². The van der Waals surface area contributed by atoms with E-state index in [2.05, 4.69) is 39.8 Å². The van der Waals surface area contributed by atoms with Crippen LogP contribution >= 0.6 is 45.8 Å². The third-order valence-corrected chi connectivity index (χ3v) is 8.09. The molecule has 2 fully saturated rings. The summed E-state index contributed by atoms with van der Waals surface area (Å²) in [6, 6.07) is 8.85. The van der Waals surface area contributed by atoms with Gasteiger partial charge in [-0.3, -0.25) is 9.59 Å². The predicted molar refractivity (Wildman–Crippen MR) is 138 cm³/mol. The van der Waals surface area contributed by atoms with Gasteiger partial charge in [0, 0.05) is 15.6 Å². The number of fused-ring (bicyclic) bond motifs is 1. The van der Waals surface area contributed by atoms with Crippen molar-refractivity contribution >= 4 is 63.8 Å². The lowest BCUT2D eigenvalue weighted by Gasteiger charge is -2.37. The Morgan fingerprint density at radius 3 is 2.35 bits per heavy atom. The van der Waals surface area contributed by atoms with Gasteiger partial charge in [0.15, 0.2) is 11.5 Å². The highest BCUT2D eigenvalue weighted by atomic mass is 127. The van der Waals surface area contributed by atoms with E-state index < -0.39 is 0 Å². The predicted octanol–water partition coefficient (Wildman–Crippen LogP) is 5.72. The van der Waals surface area contributed by atoms with Gasteiger partial charge in [-0.25, -0.2) is 0 Å². The molecule has 6 rings (SSSR count). The van der Waals surface area contributed by atoms with Crippen molar-refractivity contribution in [1.82, 2.24) is 5.01 Å². The van der Waals surface area contributed by atoms with E-state index in [0.717, 1.165) is 27.0 Å². The van der Waals surface area contributed by atoms with Crippen LogP contribution in [0.25, 0.3) is 0 Å². The molecule has 1 saturated carbocycles. The van der Waals surface area contributed by atoms with E-state index in [1.807, 2.05) is 12.1 Å². The summed E-state index contributed by atoms with van der Waals surface area (Å²) in [7, 11) is 1.55. The molecule has 0 N–H and O–H groups in total. The second-order valence-electron chi connectivity index (χ2n) is 8.63. The number of benzene rings is 2. The SMILES string of the molecule is COc1cc(/C=N\N2C(=O)[C@@H]3[C@@H](C2=O)[C@H]2C=C[C@H]3CC2)cc(I)c1OCc1ccc(Cl)cc1Cl. The van der Waals surface area contributed by atoms with Crippen LogP contribution < -0.4 is 9.47 Å². The van der Waals surface area contributed by atoms with Gasteiger partial charge < -0.3 is 9.47 Å². The zero-order chi connectivity index (χ0) is 24.0. The number of hydrogen-bond donors (Lipinski definition) is 0. The Morgan fingerprint density at radius 2 is 1.76 bits per heavy atom. The Kier molecular flexibility index (Phi) is 6.61. The van der Waals surface area contributed by atoms with Gasteiger partial charge in [-0.15, -0.1) is 0 Å². The zero-order valence-electron chi connectivity index (χ0n) is 18.2. The van der Waals surface area contributed by atoms with Crippen molar-refractivity contribution in [2.75, 3.05) is 7.11 Å². The first kappa shape index (κ1) is 23.6. The zero-order valence-corrected chi connectivity index (χ0v) is 21.9. The molecule has 2 amide bonds. The van der Waals surface area contributed by atoms with Crippen molar-refractivity contribution in [3.05, 3.63) is 67.2 Å². The molecule has 2 aromatic carbocycles. The molecular weight excluding hydrogens is 590 g/mol. The summed E-state index contributed by atoms with van der Waals surface area (Å²) in [4.78, 5) is 25.9. The topological polar surface area (TPSA) is 68.2 Å². The van der Waals surface area contributed by atoms with Crippen molar-refractivity contribution in [3.8, 4) is 11.5 Å². The van der Waals surface area contributed by atoms with Gasteiger partial charge in [-0.05, 0) is 77.1 Å². The van der Waals surface area contributed by atoms with Crippen LogP contribution in [0, 0.1) is 27.2 Å². The molecule has 4 aliphatic rings. The maximum absolute atomic E-state index is 13.0. The van der Waals surface area contributed by atoms with Gasteiger partial charge >= 0.3 is 0 Å². The van der Waals surface area contributed by atoms with Gasteiger partial charge in [-0.1, -0.05) is 41.4 Å². The van der Waals surface area contributed by atoms with Crippen molar-refractivity contribution in [2.24, 2.45) is 28.8 Å². The minimum atomic E-state index is -0.279. The molecule has 9 heteroatoms. The second-order valence-corrected chi connectivity index (χ2v) is 10.6. The van der Waals surface area contributed by atoms with Crippen LogP contribution in [-0.2, 0) is 16.2 Å². The van der Waals surface area contributed by atoms with Gasteiger partial charge in [0.25, 0.3) is 11.8 Å². The Morgan fingerprint density at radius 1 is 1.09 bits per heavy atom. The maximum atomic E-state index is 13.0. The molecule has 176 valence electrons. The van der Waals surface area contributed by atoms with E-state index in [-0.39, 0.29) is 42.1 Å². The number of rotatable bonds is 6. The molecule has 0 aromatic heterocycles. The summed E-state index contributed by atoms with van der Waals surface area (Å²) in [6.07, 6.45) is 7.62. The fourth-order valence-corrected chi connectivity index (χ4v) is 6.28. The smallest absolute Gasteiger partial charge is 0.254 e. The Bertz CT molecular complexity index is 1200. The van der Waals surface area contributed by atoms with E-state index in [0.29, 0.717) is 27.1 Å². The number of halogens is 3. The van der Waals surface area contributed by atoms with Crippen LogP contribution in [-0.4, -0.2) is 30.1 Å². The number of hydrazone groups is 1. The Hall–Kier alpha value is -2.10. The minimum Gasteiger partial charge on any atom is -0.493 e.